The Morgan fingerprint density at radius 1 is 1.19 bits per heavy atom. The smallest absolute Gasteiger partial charge is 0.337 e. The van der Waals surface area contributed by atoms with Crippen molar-refractivity contribution in [2.24, 2.45) is 0 Å². The van der Waals surface area contributed by atoms with E-state index in [9.17, 15) is 19.7 Å². The van der Waals surface area contributed by atoms with Gasteiger partial charge in [-0.2, -0.15) is 0 Å². The molecule has 0 aromatic heterocycles. The maximum atomic E-state index is 13.3. The zero-order valence-corrected chi connectivity index (χ0v) is 18.2. The lowest BCUT2D eigenvalue weighted by Crippen LogP contribution is -2.35. The molecule has 1 aromatic rings. The van der Waals surface area contributed by atoms with E-state index in [2.05, 4.69) is 5.32 Å². The first kappa shape index (κ1) is 21.6. The standard InChI is InChI=1S/C23H25ClN2O5/c1-13-20(23(28)31-15-6-3-2-4-7-15)21(22-17(25-13)8-5-9-19(22)27)14-10-11-16(24)18(12-14)26(29)30/h10-12,15,21,25H,2-9H2,1H3/t21-/m0/s1. The molecule has 1 atom stereocenters. The number of benzene rings is 1. The van der Waals surface area contributed by atoms with Gasteiger partial charge in [0, 0.05) is 35.4 Å². The zero-order chi connectivity index (χ0) is 22.1. The molecular weight excluding hydrogens is 420 g/mol. The van der Waals surface area contributed by atoms with E-state index >= 15 is 0 Å². The first-order chi connectivity index (χ1) is 14.9. The molecule has 0 amide bonds. The Bertz CT molecular complexity index is 1010. The number of nitro benzene ring substituents is 1. The fourth-order valence-electron chi connectivity index (χ4n) is 4.83. The lowest BCUT2D eigenvalue weighted by Gasteiger charge is -2.35. The molecule has 0 radical (unpaired) electrons. The first-order valence-electron chi connectivity index (χ1n) is 10.8. The second-order valence-electron chi connectivity index (χ2n) is 8.40. The third-order valence-electron chi connectivity index (χ3n) is 6.32. The molecule has 1 fully saturated rings. The predicted molar refractivity (Wildman–Crippen MR) is 116 cm³/mol. The van der Waals surface area contributed by atoms with E-state index in [1.165, 1.54) is 12.1 Å². The van der Waals surface area contributed by atoms with Gasteiger partial charge in [-0.1, -0.05) is 24.1 Å². The second-order valence-corrected chi connectivity index (χ2v) is 8.81. The summed E-state index contributed by atoms with van der Waals surface area (Å²) in [5, 5.41) is 14.7. The molecule has 1 heterocycles. The van der Waals surface area contributed by atoms with Crippen LogP contribution in [0.5, 0.6) is 0 Å². The lowest BCUT2D eigenvalue weighted by atomic mass is 9.75. The largest absolute Gasteiger partial charge is 0.459 e. The second kappa shape index (κ2) is 8.83. The van der Waals surface area contributed by atoms with Crippen LogP contribution in [0.1, 0.15) is 69.8 Å². The molecule has 2 aliphatic carbocycles. The number of ketones is 1. The number of dihydropyridines is 1. The van der Waals surface area contributed by atoms with E-state index in [0.29, 0.717) is 35.2 Å². The number of rotatable bonds is 4. The van der Waals surface area contributed by atoms with Gasteiger partial charge in [-0.05, 0) is 57.1 Å². The van der Waals surface area contributed by atoms with E-state index in [4.69, 9.17) is 16.3 Å². The highest BCUT2D eigenvalue weighted by Crippen LogP contribution is 2.44. The van der Waals surface area contributed by atoms with Crippen molar-refractivity contribution in [1.82, 2.24) is 5.32 Å². The summed E-state index contributed by atoms with van der Waals surface area (Å²) in [6, 6.07) is 4.47. The SMILES string of the molecule is CC1=C(C(=O)OC2CCCCC2)[C@H](c2ccc(Cl)c([N+](=O)[O-])c2)C2=C(CCCC2=O)N1. The first-order valence-corrected chi connectivity index (χ1v) is 11.1. The number of ether oxygens (including phenoxy) is 1. The minimum atomic E-state index is -0.712. The molecule has 1 saturated carbocycles. The number of carbonyl (C=O) groups is 2. The third kappa shape index (κ3) is 4.24. The van der Waals surface area contributed by atoms with Gasteiger partial charge in [0.05, 0.1) is 10.5 Å². The van der Waals surface area contributed by atoms with Crippen LogP contribution < -0.4 is 5.32 Å². The molecule has 0 saturated heterocycles. The van der Waals surface area contributed by atoms with E-state index < -0.39 is 16.8 Å². The van der Waals surface area contributed by atoms with Crippen LogP contribution in [-0.2, 0) is 14.3 Å². The van der Waals surface area contributed by atoms with Crippen molar-refractivity contribution in [3.05, 3.63) is 61.4 Å². The molecule has 0 bridgehead atoms. The molecule has 7 nitrogen and oxygen atoms in total. The minimum Gasteiger partial charge on any atom is -0.459 e. The molecule has 1 aliphatic heterocycles. The van der Waals surface area contributed by atoms with Gasteiger partial charge in [0.25, 0.3) is 5.69 Å². The van der Waals surface area contributed by atoms with Crippen molar-refractivity contribution in [3.63, 3.8) is 0 Å². The molecule has 31 heavy (non-hydrogen) atoms. The van der Waals surface area contributed by atoms with E-state index in [0.717, 1.165) is 44.2 Å². The Labute approximate surface area is 185 Å². The predicted octanol–water partition coefficient (Wildman–Crippen LogP) is 5.09. The summed E-state index contributed by atoms with van der Waals surface area (Å²) in [6.45, 7) is 1.79. The van der Waals surface area contributed by atoms with Crippen LogP contribution in [0.2, 0.25) is 5.02 Å². The Morgan fingerprint density at radius 3 is 2.65 bits per heavy atom. The summed E-state index contributed by atoms with van der Waals surface area (Å²) in [7, 11) is 0. The molecule has 3 aliphatic rings. The van der Waals surface area contributed by atoms with Crippen LogP contribution in [-0.4, -0.2) is 22.8 Å². The van der Waals surface area contributed by atoms with Gasteiger partial charge >= 0.3 is 5.97 Å². The van der Waals surface area contributed by atoms with Crippen LogP contribution in [0.15, 0.2) is 40.7 Å². The fourth-order valence-corrected chi connectivity index (χ4v) is 5.02. The number of nitrogens with zero attached hydrogens (tertiary/aromatic N) is 1. The summed E-state index contributed by atoms with van der Waals surface area (Å²) in [5.74, 6) is -1.23. The molecule has 0 spiro atoms. The van der Waals surface area contributed by atoms with Crippen molar-refractivity contribution in [1.29, 1.82) is 0 Å². The molecule has 8 heteroatoms. The monoisotopic (exact) mass is 444 g/mol. The van der Waals surface area contributed by atoms with Crippen LogP contribution in [0, 0.1) is 10.1 Å². The van der Waals surface area contributed by atoms with Crippen LogP contribution in [0.3, 0.4) is 0 Å². The van der Waals surface area contributed by atoms with Crippen LogP contribution in [0.4, 0.5) is 5.69 Å². The number of hydrogen-bond acceptors (Lipinski definition) is 6. The molecule has 0 unspecified atom stereocenters. The maximum Gasteiger partial charge on any atom is 0.337 e. The van der Waals surface area contributed by atoms with Crippen molar-refractivity contribution in [3.8, 4) is 0 Å². The highest BCUT2D eigenvalue weighted by molar-refractivity contribution is 6.32. The summed E-state index contributed by atoms with van der Waals surface area (Å²) >= 11 is 6.02. The number of allylic oxidation sites excluding steroid dienone is 3. The Hall–Kier alpha value is -2.67. The minimum absolute atomic E-state index is 0.0129. The van der Waals surface area contributed by atoms with Crippen LogP contribution >= 0.6 is 11.6 Å². The summed E-state index contributed by atoms with van der Waals surface area (Å²) in [4.78, 5) is 37.2. The molecule has 164 valence electrons. The Morgan fingerprint density at radius 2 is 1.94 bits per heavy atom. The number of Topliss-reactive ketones (excluding diaryl/α,β-unsaturated/α-hetero) is 1. The summed E-state index contributed by atoms with van der Waals surface area (Å²) < 4.78 is 5.84. The average molecular weight is 445 g/mol. The van der Waals surface area contributed by atoms with E-state index in [1.54, 1.807) is 13.0 Å². The number of esters is 1. The number of nitro groups is 1. The number of carbonyl (C=O) groups excluding carboxylic acids is 2. The van der Waals surface area contributed by atoms with Gasteiger partial charge in [-0.25, -0.2) is 4.79 Å². The normalized spacial score (nSPS) is 22.1. The van der Waals surface area contributed by atoms with Gasteiger partial charge in [-0.3, -0.25) is 14.9 Å². The number of nitrogens with one attached hydrogen (secondary N) is 1. The van der Waals surface area contributed by atoms with Gasteiger partial charge in [0.1, 0.15) is 11.1 Å². The quantitative estimate of drug-likeness (QED) is 0.394. The third-order valence-corrected chi connectivity index (χ3v) is 6.64. The van der Waals surface area contributed by atoms with Gasteiger partial charge < -0.3 is 10.1 Å². The lowest BCUT2D eigenvalue weighted by molar-refractivity contribution is -0.384. The topological polar surface area (TPSA) is 98.5 Å². The number of halogens is 1. The Balaban J connectivity index is 1.79. The Kier molecular flexibility index (Phi) is 6.14. The molecule has 1 N–H and O–H groups in total. The maximum absolute atomic E-state index is 13.3. The molecule has 4 rings (SSSR count). The van der Waals surface area contributed by atoms with E-state index in [-0.39, 0.29) is 22.6 Å². The van der Waals surface area contributed by atoms with Gasteiger partial charge in [0.2, 0.25) is 0 Å². The van der Waals surface area contributed by atoms with Crippen LogP contribution in [0.25, 0.3) is 0 Å². The molecular formula is C23H25ClN2O5. The van der Waals surface area contributed by atoms with Crippen molar-refractivity contribution in [2.75, 3.05) is 0 Å². The van der Waals surface area contributed by atoms with Crippen molar-refractivity contribution >= 4 is 29.0 Å². The number of hydrogen-bond donors (Lipinski definition) is 1. The highest BCUT2D eigenvalue weighted by atomic mass is 35.5. The fraction of sp³-hybridized carbons (Fsp3) is 0.478. The summed E-state index contributed by atoms with van der Waals surface area (Å²) in [6.07, 6.45) is 6.51. The average Bonchev–Trinajstić information content (AvgIpc) is 2.73. The van der Waals surface area contributed by atoms with Gasteiger partial charge in [-0.15, -0.1) is 0 Å². The zero-order valence-electron chi connectivity index (χ0n) is 17.4. The molecule has 1 aromatic carbocycles. The van der Waals surface area contributed by atoms with E-state index in [1.807, 2.05) is 0 Å². The van der Waals surface area contributed by atoms with Crippen molar-refractivity contribution in [2.45, 2.75) is 70.3 Å². The summed E-state index contributed by atoms with van der Waals surface area (Å²) in [5.41, 5.74) is 2.50. The van der Waals surface area contributed by atoms with Crippen molar-refractivity contribution < 1.29 is 19.2 Å². The van der Waals surface area contributed by atoms with Gasteiger partial charge in [0.15, 0.2) is 5.78 Å². The highest BCUT2D eigenvalue weighted by Gasteiger charge is 2.40.